The van der Waals surface area contributed by atoms with Gasteiger partial charge in [-0.3, -0.25) is 0 Å². The van der Waals surface area contributed by atoms with E-state index in [2.05, 4.69) is 37.4 Å². The summed E-state index contributed by atoms with van der Waals surface area (Å²) in [6, 6.07) is 2.21. The highest BCUT2D eigenvalue weighted by atomic mass is 32.1. The number of rotatable bonds is 1. The second kappa shape index (κ2) is 6.17. The van der Waals surface area contributed by atoms with Gasteiger partial charge in [0.15, 0.2) is 0 Å². The summed E-state index contributed by atoms with van der Waals surface area (Å²) in [6.07, 6.45) is 3.36. The van der Waals surface area contributed by atoms with Crippen LogP contribution in [-0.2, 0) is 19.1 Å². The molecule has 0 saturated carbocycles. The Morgan fingerprint density at radius 1 is 1.17 bits per heavy atom. The van der Waals surface area contributed by atoms with Crippen LogP contribution in [0.5, 0.6) is 0 Å². The van der Waals surface area contributed by atoms with Crippen molar-refractivity contribution >= 4 is 24.6 Å². The highest BCUT2D eigenvalue weighted by Gasteiger charge is 2.41. The van der Waals surface area contributed by atoms with Crippen LogP contribution in [0.4, 0.5) is 0 Å². The number of thiol groups is 1. The van der Waals surface area contributed by atoms with Crippen molar-refractivity contribution in [3.63, 3.8) is 0 Å². The summed E-state index contributed by atoms with van der Waals surface area (Å²) in [7, 11) is 0. The molecule has 0 unspecified atom stereocenters. The molecule has 0 spiro atoms. The molecule has 6 nitrogen and oxygen atoms in total. The van der Waals surface area contributed by atoms with E-state index in [4.69, 9.17) is 9.47 Å². The fourth-order valence-electron chi connectivity index (χ4n) is 3.60. The number of allylic oxidation sites excluding steroid dienone is 3. The Labute approximate surface area is 146 Å². The van der Waals surface area contributed by atoms with Crippen molar-refractivity contribution in [3.8, 4) is 6.07 Å². The standard InChI is InChI=1S/C17H20N2O4S/c1-17(2)7-10(13-14(20)22-16(24)23-15(13)21)11(9-18)12(8-17)19-5-3-4-6-19/h16,24H,3-8H2,1-2H3. The number of nitriles is 1. The summed E-state index contributed by atoms with van der Waals surface area (Å²) >= 11 is 3.86. The van der Waals surface area contributed by atoms with Crippen LogP contribution >= 0.6 is 12.6 Å². The molecule has 128 valence electrons. The molecule has 7 heteroatoms. The fraction of sp³-hybridized carbons (Fsp3) is 0.588. The zero-order chi connectivity index (χ0) is 17.5. The second-order valence-corrected chi connectivity index (χ2v) is 7.54. The molecule has 0 amide bonds. The van der Waals surface area contributed by atoms with Gasteiger partial charge in [0.2, 0.25) is 0 Å². The molecular weight excluding hydrogens is 328 g/mol. The van der Waals surface area contributed by atoms with Gasteiger partial charge in [-0.2, -0.15) is 5.26 Å². The smallest absolute Gasteiger partial charge is 0.349 e. The first-order valence-corrected chi connectivity index (χ1v) is 8.56. The maximum Gasteiger partial charge on any atom is 0.349 e. The molecular formula is C17H20N2O4S. The predicted molar refractivity (Wildman–Crippen MR) is 88.4 cm³/mol. The molecule has 3 aliphatic rings. The van der Waals surface area contributed by atoms with Gasteiger partial charge in [-0.1, -0.05) is 26.5 Å². The van der Waals surface area contributed by atoms with Gasteiger partial charge in [-0.05, 0) is 36.7 Å². The molecule has 0 atom stereocenters. The number of carbonyl (C=O) groups is 2. The maximum atomic E-state index is 12.2. The number of nitrogens with zero attached hydrogens (tertiary/aromatic N) is 2. The Balaban J connectivity index is 2.15. The minimum Gasteiger partial charge on any atom is -0.412 e. The van der Waals surface area contributed by atoms with Gasteiger partial charge in [0.1, 0.15) is 11.6 Å². The van der Waals surface area contributed by atoms with Crippen molar-refractivity contribution in [1.82, 2.24) is 4.90 Å². The SMILES string of the molecule is CC1(C)CC(=C2C(=O)OC(S)OC2=O)C(C#N)=C(N2CCCC2)C1. The zero-order valence-corrected chi connectivity index (χ0v) is 14.7. The largest absolute Gasteiger partial charge is 0.412 e. The third-order valence-electron chi connectivity index (χ3n) is 4.62. The normalized spacial score (nSPS) is 27.1. The van der Waals surface area contributed by atoms with Crippen molar-refractivity contribution in [2.75, 3.05) is 13.1 Å². The average Bonchev–Trinajstić information content (AvgIpc) is 2.98. The van der Waals surface area contributed by atoms with E-state index in [0.717, 1.165) is 38.0 Å². The lowest BCUT2D eigenvalue weighted by Gasteiger charge is -2.38. The van der Waals surface area contributed by atoms with E-state index in [1.54, 1.807) is 0 Å². The van der Waals surface area contributed by atoms with Crippen LogP contribution in [0.3, 0.4) is 0 Å². The van der Waals surface area contributed by atoms with Gasteiger partial charge >= 0.3 is 11.9 Å². The van der Waals surface area contributed by atoms with E-state index >= 15 is 0 Å². The minimum atomic E-state index is -1.20. The molecule has 0 aromatic carbocycles. The Morgan fingerprint density at radius 2 is 1.75 bits per heavy atom. The van der Waals surface area contributed by atoms with E-state index in [-0.39, 0.29) is 11.0 Å². The zero-order valence-electron chi connectivity index (χ0n) is 13.8. The minimum absolute atomic E-state index is 0.165. The summed E-state index contributed by atoms with van der Waals surface area (Å²) < 4.78 is 9.85. The number of likely N-dealkylation sites (tertiary alicyclic amines) is 1. The highest BCUT2D eigenvalue weighted by molar-refractivity contribution is 7.80. The molecule has 0 aromatic rings. The van der Waals surface area contributed by atoms with Crippen molar-refractivity contribution in [3.05, 3.63) is 22.4 Å². The molecule has 2 heterocycles. The lowest BCUT2D eigenvalue weighted by atomic mass is 9.72. The topological polar surface area (TPSA) is 79.6 Å². The fourth-order valence-corrected chi connectivity index (χ4v) is 3.79. The first-order valence-electron chi connectivity index (χ1n) is 8.04. The number of esters is 2. The Morgan fingerprint density at radius 3 is 2.29 bits per heavy atom. The Kier molecular flexibility index (Phi) is 4.35. The van der Waals surface area contributed by atoms with Gasteiger partial charge in [0, 0.05) is 18.8 Å². The molecule has 0 radical (unpaired) electrons. The van der Waals surface area contributed by atoms with Crippen LogP contribution in [0.2, 0.25) is 0 Å². The molecule has 0 bridgehead atoms. The van der Waals surface area contributed by atoms with E-state index in [1.807, 2.05) is 0 Å². The molecule has 2 fully saturated rings. The van der Waals surface area contributed by atoms with E-state index in [9.17, 15) is 14.9 Å². The molecule has 1 aliphatic carbocycles. The average molecular weight is 348 g/mol. The summed E-state index contributed by atoms with van der Waals surface area (Å²) in [5.41, 5.74) is 0.240. The third-order valence-corrected chi connectivity index (χ3v) is 4.83. The Bertz CT molecular complexity index is 676. The molecule has 2 saturated heterocycles. The van der Waals surface area contributed by atoms with Crippen LogP contribution in [0, 0.1) is 16.7 Å². The van der Waals surface area contributed by atoms with Crippen LogP contribution < -0.4 is 0 Å². The van der Waals surface area contributed by atoms with Crippen LogP contribution in [0.25, 0.3) is 0 Å². The van der Waals surface area contributed by atoms with Gasteiger partial charge in [-0.25, -0.2) is 9.59 Å². The summed E-state index contributed by atoms with van der Waals surface area (Å²) in [5.74, 6) is -1.54. The monoisotopic (exact) mass is 348 g/mol. The first-order chi connectivity index (χ1) is 11.3. The maximum absolute atomic E-state index is 12.2. The predicted octanol–water partition coefficient (Wildman–Crippen LogP) is 2.29. The van der Waals surface area contributed by atoms with E-state index < -0.39 is 17.6 Å². The van der Waals surface area contributed by atoms with Crippen LogP contribution in [0.15, 0.2) is 22.4 Å². The van der Waals surface area contributed by atoms with Crippen molar-refractivity contribution in [2.24, 2.45) is 5.41 Å². The van der Waals surface area contributed by atoms with E-state index in [0.29, 0.717) is 17.6 Å². The van der Waals surface area contributed by atoms with Gasteiger partial charge in [-0.15, -0.1) is 0 Å². The van der Waals surface area contributed by atoms with E-state index in [1.165, 1.54) is 0 Å². The summed E-state index contributed by atoms with van der Waals surface area (Å²) in [5, 5.41) is 9.73. The van der Waals surface area contributed by atoms with Gasteiger partial charge < -0.3 is 14.4 Å². The van der Waals surface area contributed by atoms with Crippen LogP contribution in [-0.4, -0.2) is 35.6 Å². The third kappa shape index (κ3) is 3.03. The van der Waals surface area contributed by atoms with Crippen LogP contribution in [0.1, 0.15) is 39.5 Å². The summed E-state index contributed by atoms with van der Waals surface area (Å²) in [4.78, 5) is 26.7. The summed E-state index contributed by atoms with van der Waals surface area (Å²) in [6.45, 7) is 5.93. The Hall–Kier alpha value is -1.94. The first kappa shape index (κ1) is 16.9. The molecule has 2 aliphatic heterocycles. The lowest BCUT2D eigenvalue weighted by molar-refractivity contribution is -0.178. The molecule has 0 aromatic heterocycles. The van der Waals surface area contributed by atoms with Gasteiger partial charge in [0.25, 0.3) is 5.62 Å². The number of ether oxygens (including phenoxy) is 2. The van der Waals surface area contributed by atoms with Crippen molar-refractivity contribution in [2.45, 2.75) is 45.2 Å². The number of carbonyl (C=O) groups excluding carboxylic acids is 2. The quantitative estimate of drug-likeness (QED) is 0.339. The number of hydrogen-bond acceptors (Lipinski definition) is 7. The second-order valence-electron chi connectivity index (χ2n) is 7.12. The molecule has 3 rings (SSSR count). The lowest BCUT2D eigenvalue weighted by Crippen LogP contribution is -2.36. The number of cyclic esters (lactones) is 2. The molecule has 24 heavy (non-hydrogen) atoms. The highest BCUT2D eigenvalue weighted by Crippen LogP contribution is 2.45. The van der Waals surface area contributed by atoms with Gasteiger partial charge in [0.05, 0.1) is 5.57 Å². The van der Waals surface area contributed by atoms with Crippen molar-refractivity contribution < 1.29 is 19.1 Å². The molecule has 0 N–H and O–H groups in total. The van der Waals surface area contributed by atoms with Crippen molar-refractivity contribution in [1.29, 1.82) is 5.26 Å². The number of hydrogen-bond donors (Lipinski definition) is 1.